The average Bonchev–Trinajstić information content (AvgIpc) is 2.45. The number of likely N-dealkylation sites (N-methyl/N-ethyl adjacent to an activating group) is 1. The average molecular weight is 292 g/mol. The van der Waals surface area contributed by atoms with Gasteiger partial charge in [-0.15, -0.1) is 0 Å². The van der Waals surface area contributed by atoms with Gasteiger partial charge in [0.15, 0.2) is 0 Å². The van der Waals surface area contributed by atoms with E-state index >= 15 is 0 Å². The third kappa shape index (κ3) is 5.38. The fourth-order valence-corrected chi connectivity index (χ4v) is 2.03. The SMILES string of the molecule is COc1ccc(CCCN(C)C(=O)[C@@H](N)C(C)(C)C)cc1. The molecule has 118 valence electrons. The summed E-state index contributed by atoms with van der Waals surface area (Å²) in [6.45, 7) is 6.68. The van der Waals surface area contributed by atoms with Gasteiger partial charge in [-0.05, 0) is 36.0 Å². The van der Waals surface area contributed by atoms with E-state index in [4.69, 9.17) is 10.5 Å². The van der Waals surface area contributed by atoms with E-state index in [0.717, 1.165) is 18.6 Å². The molecule has 2 N–H and O–H groups in total. The number of carbonyl (C=O) groups excluding carboxylic acids is 1. The number of amides is 1. The number of methoxy groups -OCH3 is 1. The Bertz CT molecular complexity index is 449. The van der Waals surface area contributed by atoms with Gasteiger partial charge in [-0.1, -0.05) is 32.9 Å². The number of carbonyl (C=O) groups is 1. The molecule has 0 aromatic heterocycles. The molecule has 0 aliphatic heterocycles. The van der Waals surface area contributed by atoms with Crippen LogP contribution in [-0.4, -0.2) is 37.6 Å². The van der Waals surface area contributed by atoms with Crippen LogP contribution in [0.3, 0.4) is 0 Å². The summed E-state index contributed by atoms with van der Waals surface area (Å²) in [5.74, 6) is 0.874. The molecule has 0 aliphatic rings. The summed E-state index contributed by atoms with van der Waals surface area (Å²) in [7, 11) is 3.48. The standard InChI is InChI=1S/C17H28N2O2/c1-17(2,3)15(18)16(20)19(4)12-6-7-13-8-10-14(21-5)11-9-13/h8-11,15H,6-7,12,18H2,1-5H3/t15-/m1/s1. The molecule has 0 saturated heterocycles. The number of ether oxygens (including phenoxy) is 1. The molecular formula is C17H28N2O2. The molecule has 1 atom stereocenters. The smallest absolute Gasteiger partial charge is 0.239 e. The molecule has 0 heterocycles. The normalized spacial score (nSPS) is 12.9. The van der Waals surface area contributed by atoms with Crippen LogP contribution < -0.4 is 10.5 Å². The minimum atomic E-state index is -0.455. The highest BCUT2D eigenvalue weighted by atomic mass is 16.5. The number of aryl methyl sites for hydroxylation is 1. The number of nitrogens with zero attached hydrogens (tertiary/aromatic N) is 1. The lowest BCUT2D eigenvalue weighted by Gasteiger charge is -2.30. The second-order valence-electron chi connectivity index (χ2n) is 6.56. The highest BCUT2D eigenvalue weighted by Gasteiger charge is 2.29. The summed E-state index contributed by atoms with van der Waals surface area (Å²) >= 11 is 0. The van der Waals surface area contributed by atoms with Crippen molar-refractivity contribution in [3.63, 3.8) is 0 Å². The summed E-state index contributed by atoms with van der Waals surface area (Å²) in [4.78, 5) is 13.9. The van der Waals surface area contributed by atoms with Crippen molar-refractivity contribution in [2.24, 2.45) is 11.1 Å². The first-order valence-corrected chi connectivity index (χ1v) is 7.39. The van der Waals surface area contributed by atoms with Crippen LogP contribution >= 0.6 is 0 Å². The molecule has 0 bridgehead atoms. The molecule has 0 saturated carbocycles. The van der Waals surface area contributed by atoms with Crippen LogP contribution in [0.5, 0.6) is 5.75 Å². The van der Waals surface area contributed by atoms with Crippen molar-refractivity contribution in [2.45, 2.75) is 39.7 Å². The van der Waals surface area contributed by atoms with Crippen molar-refractivity contribution >= 4 is 5.91 Å². The first-order chi connectivity index (χ1) is 9.75. The summed E-state index contributed by atoms with van der Waals surface area (Å²) in [5.41, 5.74) is 7.04. The van der Waals surface area contributed by atoms with Crippen molar-refractivity contribution in [1.82, 2.24) is 4.90 Å². The summed E-state index contributed by atoms with van der Waals surface area (Å²) in [6, 6.07) is 7.58. The lowest BCUT2D eigenvalue weighted by Crippen LogP contribution is -2.49. The molecule has 1 amide bonds. The Labute approximate surface area is 128 Å². The molecule has 0 radical (unpaired) electrons. The summed E-state index contributed by atoms with van der Waals surface area (Å²) < 4.78 is 5.13. The first-order valence-electron chi connectivity index (χ1n) is 7.39. The molecule has 4 nitrogen and oxygen atoms in total. The zero-order chi connectivity index (χ0) is 16.0. The first kappa shape index (κ1) is 17.5. The lowest BCUT2D eigenvalue weighted by molar-refractivity contribution is -0.133. The van der Waals surface area contributed by atoms with E-state index in [1.54, 1.807) is 12.0 Å². The predicted molar refractivity (Wildman–Crippen MR) is 86.4 cm³/mol. The maximum Gasteiger partial charge on any atom is 0.239 e. The van der Waals surface area contributed by atoms with Gasteiger partial charge in [0.2, 0.25) is 5.91 Å². The molecule has 0 spiro atoms. The number of hydrogen-bond donors (Lipinski definition) is 1. The van der Waals surface area contributed by atoms with Gasteiger partial charge in [-0.3, -0.25) is 4.79 Å². The van der Waals surface area contributed by atoms with Crippen LogP contribution in [0.1, 0.15) is 32.8 Å². The fourth-order valence-electron chi connectivity index (χ4n) is 2.03. The van der Waals surface area contributed by atoms with Gasteiger partial charge in [-0.25, -0.2) is 0 Å². The maximum absolute atomic E-state index is 12.2. The van der Waals surface area contributed by atoms with Gasteiger partial charge < -0.3 is 15.4 Å². The van der Waals surface area contributed by atoms with Gasteiger partial charge in [0.1, 0.15) is 5.75 Å². The Kier molecular flexibility index (Phi) is 6.21. The van der Waals surface area contributed by atoms with Gasteiger partial charge in [0, 0.05) is 13.6 Å². The van der Waals surface area contributed by atoms with E-state index in [9.17, 15) is 4.79 Å². The molecule has 1 rings (SSSR count). The molecule has 0 unspecified atom stereocenters. The topological polar surface area (TPSA) is 55.6 Å². The molecular weight excluding hydrogens is 264 g/mol. The van der Waals surface area contributed by atoms with E-state index in [1.807, 2.05) is 40.0 Å². The Balaban J connectivity index is 2.42. The molecule has 1 aromatic carbocycles. The highest BCUT2D eigenvalue weighted by Crippen LogP contribution is 2.19. The lowest BCUT2D eigenvalue weighted by atomic mass is 9.86. The number of hydrogen-bond acceptors (Lipinski definition) is 3. The Morgan fingerprint density at radius 2 is 1.86 bits per heavy atom. The van der Waals surface area contributed by atoms with E-state index in [-0.39, 0.29) is 11.3 Å². The van der Waals surface area contributed by atoms with Crippen molar-refractivity contribution in [2.75, 3.05) is 20.7 Å². The quantitative estimate of drug-likeness (QED) is 0.876. The fraction of sp³-hybridized carbons (Fsp3) is 0.588. The molecule has 21 heavy (non-hydrogen) atoms. The van der Waals surface area contributed by atoms with Crippen LogP contribution in [0.15, 0.2) is 24.3 Å². The second-order valence-corrected chi connectivity index (χ2v) is 6.56. The predicted octanol–water partition coefficient (Wildman–Crippen LogP) is 2.46. The Morgan fingerprint density at radius 1 is 1.29 bits per heavy atom. The van der Waals surface area contributed by atoms with Crippen LogP contribution in [-0.2, 0) is 11.2 Å². The monoisotopic (exact) mass is 292 g/mol. The van der Waals surface area contributed by atoms with E-state index in [0.29, 0.717) is 6.54 Å². The largest absolute Gasteiger partial charge is 0.497 e. The third-order valence-electron chi connectivity index (χ3n) is 3.69. The van der Waals surface area contributed by atoms with Crippen LogP contribution in [0.2, 0.25) is 0 Å². The van der Waals surface area contributed by atoms with E-state index < -0.39 is 6.04 Å². The van der Waals surface area contributed by atoms with Gasteiger partial charge in [0.05, 0.1) is 13.2 Å². The summed E-state index contributed by atoms with van der Waals surface area (Å²) in [6.07, 6.45) is 1.86. The van der Waals surface area contributed by atoms with E-state index in [1.165, 1.54) is 5.56 Å². The van der Waals surface area contributed by atoms with Gasteiger partial charge >= 0.3 is 0 Å². The zero-order valence-corrected chi connectivity index (χ0v) is 13.8. The van der Waals surface area contributed by atoms with Crippen molar-refractivity contribution in [3.8, 4) is 5.75 Å². The van der Waals surface area contributed by atoms with Crippen LogP contribution in [0.4, 0.5) is 0 Å². The molecule has 0 fully saturated rings. The second kappa shape index (κ2) is 7.46. The zero-order valence-electron chi connectivity index (χ0n) is 13.8. The minimum Gasteiger partial charge on any atom is -0.497 e. The van der Waals surface area contributed by atoms with Crippen LogP contribution in [0.25, 0.3) is 0 Å². The molecule has 1 aromatic rings. The molecule has 4 heteroatoms. The van der Waals surface area contributed by atoms with E-state index in [2.05, 4.69) is 12.1 Å². The molecule has 0 aliphatic carbocycles. The third-order valence-corrected chi connectivity index (χ3v) is 3.69. The minimum absolute atomic E-state index is 0.0113. The number of nitrogens with two attached hydrogens (primary N) is 1. The van der Waals surface area contributed by atoms with Gasteiger partial charge in [-0.2, -0.15) is 0 Å². The summed E-state index contributed by atoms with van der Waals surface area (Å²) in [5, 5.41) is 0. The van der Waals surface area contributed by atoms with Crippen molar-refractivity contribution in [3.05, 3.63) is 29.8 Å². The number of benzene rings is 1. The highest BCUT2D eigenvalue weighted by molar-refractivity contribution is 5.82. The van der Waals surface area contributed by atoms with Crippen molar-refractivity contribution in [1.29, 1.82) is 0 Å². The van der Waals surface area contributed by atoms with Crippen LogP contribution in [0, 0.1) is 5.41 Å². The van der Waals surface area contributed by atoms with Gasteiger partial charge in [0.25, 0.3) is 0 Å². The maximum atomic E-state index is 12.2. The Hall–Kier alpha value is -1.55. The Morgan fingerprint density at radius 3 is 2.33 bits per heavy atom. The number of rotatable bonds is 6. The van der Waals surface area contributed by atoms with Crippen molar-refractivity contribution < 1.29 is 9.53 Å².